The summed E-state index contributed by atoms with van der Waals surface area (Å²) in [4.78, 5) is 6.50. The van der Waals surface area contributed by atoms with Gasteiger partial charge in [0, 0.05) is 29.5 Å². The fourth-order valence-corrected chi connectivity index (χ4v) is 4.72. The van der Waals surface area contributed by atoms with Crippen molar-refractivity contribution in [1.82, 2.24) is 14.9 Å². The Morgan fingerprint density at radius 2 is 1.74 bits per heavy atom. The second kappa shape index (κ2) is 9.07. The summed E-state index contributed by atoms with van der Waals surface area (Å²) in [5.41, 5.74) is 2.06. The second-order valence-electron chi connectivity index (χ2n) is 8.05. The van der Waals surface area contributed by atoms with E-state index < -0.39 is 11.7 Å². The van der Waals surface area contributed by atoms with Crippen LogP contribution in [0.2, 0.25) is 0 Å². The number of methoxy groups -OCH3 is 1. The highest BCUT2D eigenvalue weighted by Crippen LogP contribution is 2.42. The maximum atomic E-state index is 13.4. The van der Waals surface area contributed by atoms with Crippen LogP contribution < -0.4 is 15.0 Å². The molecule has 2 atom stereocenters. The van der Waals surface area contributed by atoms with Crippen molar-refractivity contribution in [3.8, 4) is 11.4 Å². The topological polar surface area (TPSA) is 42.3 Å². The van der Waals surface area contributed by atoms with Gasteiger partial charge in [-0.15, -0.1) is 0 Å². The summed E-state index contributed by atoms with van der Waals surface area (Å²) in [5.74, 6) is 0.706. The van der Waals surface area contributed by atoms with Crippen LogP contribution in [-0.4, -0.2) is 21.8 Å². The van der Waals surface area contributed by atoms with Crippen molar-refractivity contribution in [3.63, 3.8) is 0 Å². The lowest BCUT2D eigenvalue weighted by Crippen LogP contribution is -2.30. The van der Waals surface area contributed by atoms with Gasteiger partial charge in [0.2, 0.25) is 0 Å². The standard InChI is InChI=1S/C26H21F3N4OS/c1-34-20-12-10-18(11-13-20)33-24(23(31-25(33)35)21-8-2-3-14-30-21)22-9-5-15-32(22)19-7-4-6-17(16-19)26(27,28)29/h2-16,23-24H,1H3,(H,31,35)/t23-,24-/m1/s1. The number of nitrogens with one attached hydrogen (secondary N) is 1. The third kappa shape index (κ3) is 4.35. The number of rotatable bonds is 5. The Bertz CT molecular complexity index is 1340. The lowest BCUT2D eigenvalue weighted by Gasteiger charge is -2.29. The predicted octanol–water partition coefficient (Wildman–Crippen LogP) is 6.08. The zero-order chi connectivity index (χ0) is 24.6. The fraction of sp³-hybridized carbons (Fsp3) is 0.154. The Morgan fingerprint density at radius 3 is 2.43 bits per heavy atom. The van der Waals surface area contributed by atoms with Gasteiger partial charge in [-0.05, 0) is 78.9 Å². The van der Waals surface area contributed by atoms with E-state index in [2.05, 4.69) is 10.3 Å². The van der Waals surface area contributed by atoms with Crippen molar-refractivity contribution in [2.24, 2.45) is 0 Å². The van der Waals surface area contributed by atoms with Crippen LogP contribution in [-0.2, 0) is 6.18 Å². The lowest BCUT2D eigenvalue weighted by molar-refractivity contribution is -0.137. The monoisotopic (exact) mass is 494 g/mol. The van der Waals surface area contributed by atoms with Gasteiger partial charge in [0.15, 0.2) is 5.11 Å². The maximum absolute atomic E-state index is 13.4. The smallest absolute Gasteiger partial charge is 0.416 e. The molecule has 1 saturated heterocycles. The van der Waals surface area contributed by atoms with E-state index in [1.165, 1.54) is 6.07 Å². The number of thiocarbonyl (C=S) groups is 1. The average Bonchev–Trinajstić information content (AvgIpc) is 3.48. The number of aromatic nitrogens is 2. The van der Waals surface area contributed by atoms with Crippen LogP contribution in [0.3, 0.4) is 0 Å². The van der Waals surface area contributed by atoms with Crippen molar-refractivity contribution in [3.05, 3.63) is 108 Å². The summed E-state index contributed by atoms with van der Waals surface area (Å²) in [6, 6.07) is 21.4. The molecule has 1 aliphatic rings. The fourth-order valence-electron chi connectivity index (χ4n) is 4.38. The van der Waals surface area contributed by atoms with Crippen molar-refractivity contribution < 1.29 is 17.9 Å². The first-order valence-corrected chi connectivity index (χ1v) is 11.3. The number of ether oxygens (including phenoxy) is 1. The third-order valence-corrected chi connectivity index (χ3v) is 6.30. The highest BCUT2D eigenvalue weighted by atomic mass is 32.1. The molecule has 0 aliphatic carbocycles. The molecule has 5 rings (SSSR count). The average molecular weight is 495 g/mol. The predicted molar refractivity (Wildman–Crippen MR) is 132 cm³/mol. The number of hydrogen-bond acceptors (Lipinski definition) is 3. The summed E-state index contributed by atoms with van der Waals surface area (Å²) in [6.45, 7) is 0. The van der Waals surface area contributed by atoms with Crippen LogP contribution >= 0.6 is 12.2 Å². The number of pyridine rings is 1. The first kappa shape index (κ1) is 22.9. The number of nitrogens with zero attached hydrogens (tertiary/aromatic N) is 3. The van der Waals surface area contributed by atoms with E-state index >= 15 is 0 Å². The lowest BCUT2D eigenvalue weighted by atomic mass is 10.0. The second-order valence-corrected chi connectivity index (χ2v) is 8.43. The minimum atomic E-state index is -4.44. The Balaban J connectivity index is 1.64. The highest BCUT2D eigenvalue weighted by molar-refractivity contribution is 7.80. The molecule has 1 fully saturated rings. The summed E-state index contributed by atoms with van der Waals surface area (Å²) in [7, 11) is 1.60. The van der Waals surface area contributed by atoms with Crippen LogP contribution in [0.25, 0.3) is 5.69 Å². The number of alkyl halides is 3. The van der Waals surface area contributed by atoms with Crippen LogP contribution in [0.1, 0.15) is 29.0 Å². The van der Waals surface area contributed by atoms with E-state index in [9.17, 15) is 13.2 Å². The molecule has 2 aromatic carbocycles. The molecule has 1 N–H and O–H groups in total. The normalized spacial score (nSPS) is 17.9. The molecule has 0 bridgehead atoms. The molecule has 178 valence electrons. The first-order valence-electron chi connectivity index (χ1n) is 10.9. The van der Waals surface area contributed by atoms with Crippen molar-refractivity contribution in [1.29, 1.82) is 0 Å². The van der Waals surface area contributed by atoms with Gasteiger partial charge < -0.3 is 19.5 Å². The molecule has 0 radical (unpaired) electrons. The van der Waals surface area contributed by atoms with Crippen molar-refractivity contribution in [2.75, 3.05) is 12.0 Å². The van der Waals surface area contributed by atoms with Crippen LogP contribution in [0, 0.1) is 0 Å². The van der Waals surface area contributed by atoms with Crippen LogP contribution in [0.4, 0.5) is 18.9 Å². The Morgan fingerprint density at radius 1 is 0.943 bits per heavy atom. The molecule has 2 aromatic heterocycles. The molecular formula is C26H21F3N4OS. The summed E-state index contributed by atoms with van der Waals surface area (Å²) >= 11 is 5.74. The van der Waals surface area contributed by atoms with Gasteiger partial charge in [-0.2, -0.15) is 13.2 Å². The minimum absolute atomic E-state index is 0.328. The van der Waals surface area contributed by atoms with E-state index in [1.807, 2.05) is 59.5 Å². The maximum Gasteiger partial charge on any atom is 0.416 e. The Hall–Kier alpha value is -3.85. The van der Waals surface area contributed by atoms with Gasteiger partial charge in [0.05, 0.1) is 24.4 Å². The van der Waals surface area contributed by atoms with Crippen molar-refractivity contribution in [2.45, 2.75) is 18.3 Å². The molecule has 0 spiro atoms. The molecule has 3 heterocycles. The highest BCUT2D eigenvalue weighted by Gasteiger charge is 2.42. The van der Waals surface area contributed by atoms with Crippen molar-refractivity contribution >= 4 is 23.0 Å². The van der Waals surface area contributed by atoms with Gasteiger partial charge in [0.1, 0.15) is 11.8 Å². The summed E-state index contributed by atoms with van der Waals surface area (Å²) in [5, 5.41) is 3.86. The SMILES string of the molecule is COc1ccc(N2C(=S)N[C@H](c3ccccn3)[C@H]2c2cccn2-c2cccc(C(F)(F)F)c2)cc1. The zero-order valence-electron chi connectivity index (χ0n) is 18.6. The van der Waals surface area contributed by atoms with Gasteiger partial charge in [-0.3, -0.25) is 4.98 Å². The first-order chi connectivity index (χ1) is 16.9. The number of hydrogen-bond donors (Lipinski definition) is 1. The summed E-state index contributed by atoms with van der Waals surface area (Å²) in [6.07, 6.45) is -0.974. The molecule has 1 aliphatic heterocycles. The van der Waals surface area contributed by atoms with Gasteiger partial charge in [-0.1, -0.05) is 12.1 Å². The molecule has 35 heavy (non-hydrogen) atoms. The number of benzene rings is 2. The molecule has 0 unspecified atom stereocenters. The molecular weight excluding hydrogens is 473 g/mol. The van der Waals surface area contributed by atoms with Gasteiger partial charge in [0.25, 0.3) is 0 Å². The van der Waals surface area contributed by atoms with Crippen LogP contribution in [0.5, 0.6) is 5.75 Å². The number of anilines is 1. The molecule has 0 saturated carbocycles. The third-order valence-electron chi connectivity index (χ3n) is 5.98. The van der Waals surface area contributed by atoms with E-state index in [4.69, 9.17) is 17.0 Å². The largest absolute Gasteiger partial charge is 0.497 e. The van der Waals surface area contributed by atoms with E-state index in [0.717, 1.165) is 29.2 Å². The number of halogens is 3. The minimum Gasteiger partial charge on any atom is -0.497 e. The Labute approximate surface area is 205 Å². The van der Waals surface area contributed by atoms with E-state index in [1.54, 1.807) is 30.1 Å². The van der Waals surface area contributed by atoms with Gasteiger partial charge in [-0.25, -0.2) is 0 Å². The van der Waals surface area contributed by atoms with Gasteiger partial charge >= 0.3 is 6.18 Å². The Kier molecular flexibility index (Phi) is 5.94. The zero-order valence-corrected chi connectivity index (χ0v) is 19.4. The molecule has 0 amide bonds. The quantitative estimate of drug-likeness (QED) is 0.341. The molecule has 5 nitrogen and oxygen atoms in total. The van der Waals surface area contributed by atoms with Crippen LogP contribution in [0.15, 0.2) is 91.3 Å². The molecule has 4 aromatic rings. The molecule has 9 heteroatoms. The van der Waals surface area contributed by atoms with E-state index in [0.29, 0.717) is 16.5 Å². The van der Waals surface area contributed by atoms with E-state index in [-0.39, 0.29) is 12.1 Å². The summed E-state index contributed by atoms with van der Waals surface area (Å²) < 4.78 is 47.3.